The average molecular weight is 1140 g/mol. The minimum absolute atomic E-state index is 0.0436. The van der Waals surface area contributed by atoms with E-state index >= 15 is 0 Å². The molecule has 6 N–H and O–H groups in total. The number of aryl methyl sites for hydroxylation is 1. The number of rotatable bonds is 17. The largest absolute Gasteiger partial charge is 0.507 e. The summed E-state index contributed by atoms with van der Waals surface area (Å²) in [7, 11) is 0. The van der Waals surface area contributed by atoms with Crippen LogP contribution in [0.4, 0.5) is 23.0 Å². The first-order valence-electron chi connectivity index (χ1n) is 29.4. The van der Waals surface area contributed by atoms with Crippen molar-refractivity contribution in [2.45, 2.75) is 140 Å². The molecule has 5 aliphatic heterocycles. The number of nitrogens with one attached hydrogen (secondary N) is 1. The van der Waals surface area contributed by atoms with Crippen LogP contribution in [0.1, 0.15) is 108 Å². The number of aromatic hydroxyl groups is 2. The number of nitrogens with two attached hydrogens (primary N) is 1. The van der Waals surface area contributed by atoms with Crippen molar-refractivity contribution in [1.29, 1.82) is 0 Å². The van der Waals surface area contributed by atoms with E-state index in [0.29, 0.717) is 63.7 Å². The van der Waals surface area contributed by atoms with Gasteiger partial charge in [-0.15, -0.1) is 21.5 Å². The second-order valence-corrected chi connectivity index (χ2v) is 24.8. The Morgan fingerprint density at radius 3 is 2.30 bits per heavy atom. The van der Waals surface area contributed by atoms with E-state index in [9.17, 15) is 24.9 Å². The maximum Gasteiger partial charge on any atom is 0.243 e. The number of benzene rings is 2. The number of hydrogen-bond donors (Lipinski definition) is 5. The van der Waals surface area contributed by atoms with E-state index in [-0.39, 0.29) is 60.5 Å². The number of phenols is 2. The van der Waals surface area contributed by atoms with Crippen LogP contribution >= 0.6 is 11.3 Å². The van der Waals surface area contributed by atoms with Crippen LogP contribution in [0, 0.1) is 18.8 Å². The number of fused-ring (bicyclic) bond motifs is 2. The molecule has 434 valence electrons. The molecule has 6 aromatic rings. The quantitative estimate of drug-likeness (QED) is 0.0587. The number of anilines is 4. The molecule has 20 nitrogen and oxygen atoms in total. The number of carbonyl (C=O) groups excluding carboxylic acids is 2. The third kappa shape index (κ3) is 11.7. The summed E-state index contributed by atoms with van der Waals surface area (Å²) in [6.07, 6.45) is 9.65. The molecular weight excluding hydrogens is 1060 g/mol. The molecule has 6 fully saturated rings. The molecule has 1 aliphatic carbocycles. The summed E-state index contributed by atoms with van der Waals surface area (Å²) >= 11 is 1.45. The number of aromatic nitrogens is 5. The van der Waals surface area contributed by atoms with Crippen molar-refractivity contribution in [1.82, 2.24) is 40.4 Å². The van der Waals surface area contributed by atoms with Gasteiger partial charge in [-0.25, -0.2) is 9.97 Å². The number of para-hydroxylation sites is 1. The standard InChI is InChI=1S/C61H76N12O8S/c1-35(2)57(61(78)72-33-43(74)25-51(72)60(77)65-36(3)39-9-12-48(53(76)23-39)58-37(4)64-34-82-58)54-29-55(68-81-54)70-21-14-38(15-22-70)30-69-19-16-44(17-20-69)79-45-26-46(27-45)80-56-24-40(13-18-63-56)73-41-10-11-42(73)32-71(31-41)50-28-49(66-67-59(50)62)47-7-5-6-8-52(47)75/h5-9,12-13,18,23-24,28-29,34-36,38,41-46,51,57,74-76H,10-11,14-17,19-22,25-27,30-33H2,1-4H3,(H2,62,67)(H,65,77)/t36-,41+,42?,43+,45?,46?,51-,57-/m0/s1. The van der Waals surface area contributed by atoms with Gasteiger partial charge in [-0.1, -0.05) is 37.2 Å². The number of β-amino-alcohol motifs (C(OH)–C–C–N with tert-alkyl or cyclic N) is 1. The fraction of sp³-hybridized carbons (Fsp3) is 0.525. The molecule has 9 heterocycles. The smallest absolute Gasteiger partial charge is 0.243 e. The molecule has 2 amide bonds. The van der Waals surface area contributed by atoms with Crippen LogP contribution in [0.2, 0.25) is 0 Å². The Balaban J connectivity index is 0.566. The van der Waals surface area contributed by atoms with Crippen LogP contribution < -0.4 is 30.5 Å². The van der Waals surface area contributed by atoms with Gasteiger partial charge in [0, 0.05) is 119 Å². The molecule has 2 aromatic carbocycles. The number of likely N-dealkylation sites (tertiary alicyclic amines) is 2. The number of piperidine rings is 2. The fourth-order valence-electron chi connectivity index (χ4n) is 13.5. The predicted molar refractivity (Wildman–Crippen MR) is 313 cm³/mol. The molecule has 4 aromatic heterocycles. The number of thiazole rings is 1. The Kier molecular flexibility index (Phi) is 16.0. The molecule has 82 heavy (non-hydrogen) atoms. The number of nitrogen functional groups attached to an aromatic ring is 1. The Morgan fingerprint density at radius 2 is 1.59 bits per heavy atom. The second-order valence-electron chi connectivity index (χ2n) is 23.9. The SMILES string of the molecule is Cc1ncsc1-c1ccc([C@H](C)NC(=O)[C@@H]2C[C@@H](O)CN2C(=O)[C@H](c2cc(N3CCC(CN4CCC(OC5CC(Oc6cc(N7C8CC[C@@H]7CN(c7cc(-c9ccccc9O)nnc7N)C8)ccn6)C5)CC4)CC3)no2)C(C)C)cc1O. The summed E-state index contributed by atoms with van der Waals surface area (Å²) < 4.78 is 19.0. The average Bonchev–Trinajstić information content (AvgIpc) is 4.29. The van der Waals surface area contributed by atoms with Crippen LogP contribution in [0.15, 0.2) is 83.0 Å². The number of piperazine rings is 1. The number of aliphatic hydroxyl groups is 1. The molecule has 2 bridgehead atoms. The van der Waals surface area contributed by atoms with E-state index in [1.54, 1.807) is 23.7 Å². The van der Waals surface area contributed by atoms with Crippen molar-refractivity contribution in [3.05, 3.63) is 95.5 Å². The number of ether oxygens (including phenoxy) is 2. The van der Waals surface area contributed by atoms with Gasteiger partial charge in [0.05, 0.1) is 51.8 Å². The van der Waals surface area contributed by atoms with Gasteiger partial charge >= 0.3 is 0 Å². The van der Waals surface area contributed by atoms with Gasteiger partial charge < -0.3 is 64.9 Å². The van der Waals surface area contributed by atoms with Crippen molar-refractivity contribution < 1.29 is 38.9 Å². The summed E-state index contributed by atoms with van der Waals surface area (Å²) in [5.41, 5.74) is 13.6. The van der Waals surface area contributed by atoms with E-state index < -0.39 is 24.1 Å². The molecule has 0 spiro atoms. The van der Waals surface area contributed by atoms with Crippen molar-refractivity contribution in [3.8, 4) is 39.1 Å². The van der Waals surface area contributed by atoms with Crippen molar-refractivity contribution >= 4 is 46.2 Å². The van der Waals surface area contributed by atoms with E-state index in [2.05, 4.69) is 62.4 Å². The lowest BCUT2D eigenvalue weighted by Gasteiger charge is -2.43. The van der Waals surface area contributed by atoms with Crippen molar-refractivity contribution in [3.63, 3.8) is 0 Å². The lowest BCUT2D eigenvalue weighted by atomic mass is 9.91. The summed E-state index contributed by atoms with van der Waals surface area (Å²) in [6.45, 7) is 14.1. The predicted octanol–water partition coefficient (Wildman–Crippen LogP) is 7.70. The van der Waals surface area contributed by atoms with Crippen molar-refractivity contribution in [2.75, 3.05) is 72.8 Å². The van der Waals surface area contributed by atoms with Gasteiger partial charge in [-0.3, -0.25) is 9.59 Å². The highest BCUT2D eigenvalue weighted by Crippen LogP contribution is 2.42. The Labute approximate surface area is 482 Å². The van der Waals surface area contributed by atoms with Gasteiger partial charge in [0.2, 0.25) is 17.7 Å². The minimum Gasteiger partial charge on any atom is -0.507 e. The Hall–Kier alpha value is -7.07. The molecule has 6 aliphatic rings. The number of nitrogens with zero attached hydrogens (tertiary/aromatic N) is 10. The van der Waals surface area contributed by atoms with Gasteiger partial charge in [0.25, 0.3) is 0 Å². The highest BCUT2D eigenvalue weighted by Gasteiger charge is 2.45. The second kappa shape index (κ2) is 23.7. The zero-order valence-electron chi connectivity index (χ0n) is 47.2. The number of aliphatic hydroxyl groups excluding tert-OH is 1. The number of phenolic OH excluding ortho intramolecular Hbond substituents is 2. The van der Waals surface area contributed by atoms with E-state index in [0.717, 1.165) is 119 Å². The van der Waals surface area contributed by atoms with Gasteiger partial charge in [-0.2, -0.15) is 0 Å². The van der Waals surface area contributed by atoms with Crippen LogP contribution in [-0.4, -0.2) is 157 Å². The van der Waals surface area contributed by atoms with Crippen molar-refractivity contribution in [2.24, 2.45) is 11.8 Å². The van der Waals surface area contributed by atoms with Crippen LogP contribution in [0.25, 0.3) is 21.7 Å². The molecule has 1 unspecified atom stereocenters. The number of amides is 2. The van der Waals surface area contributed by atoms with E-state index in [1.807, 2.05) is 70.3 Å². The van der Waals surface area contributed by atoms with Crippen LogP contribution in [0.5, 0.6) is 17.4 Å². The maximum absolute atomic E-state index is 14.4. The lowest BCUT2D eigenvalue weighted by molar-refractivity contribution is -0.141. The third-order valence-electron chi connectivity index (χ3n) is 18.0. The van der Waals surface area contributed by atoms with Gasteiger partial charge in [-0.05, 0) is 106 Å². The number of hydrogen-bond acceptors (Lipinski definition) is 19. The highest BCUT2D eigenvalue weighted by atomic mass is 32.1. The van der Waals surface area contributed by atoms with Gasteiger partial charge in [0.15, 0.2) is 17.4 Å². The molecule has 5 saturated heterocycles. The molecular formula is C61H76N12O8S. The lowest BCUT2D eigenvalue weighted by Crippen LogP contribution is -2.54. The molecule has 1 saturated carbocycles. The fourth-order valence-corrected chi connectivity index (χ4v) is 14.3. The summed E-state index contributed by atoms with van der Waals surface area (Å²) in [4.78, 5) is 49.3. The summed E-state index contributed by atoms with van der Waals surface area (Å²) in [5, 5.41) is 48.3. The Bertz CT molecular complexity index is 3210. The molecule has 21 heteroatoms. The van der Waals surface area contributed by atoms with E-state index in [4.69, 9.17) is 19.7 Å². The van der Waals surface area contributed by atoms with E-state index in [1.165, 1.54) is 16.2 Å². The summed E-state index contributed by atoms with van der Waals surface area (Å²) in [5.74, 6) is 1.56. The first kappa shape index (κ1) is 55.5. The zero-order valence-corrected chi connectivity index (χ0v) is 48.0. The number of carbonyl (C=O) groups is 2. The van der Waals surface area contributed by atoms with Crippen LogP contribution in [0.3, 0.4) is 0 Å². The summed E-state index contributed by atoms with van der Waals surface area (Å²) in [6, 6.07) is 19.8. The minimum atomic E-state index is -0.867. The zero-order chi connectivity index (χ0) is 56.8. The normalized spacial score (nSPS) is 24.2. The first-order chi connectivity index (χ1) is 39.7. The van der Waals surface area contributed by atoms with Crippen LogP contribution in [-0.2, 0) is 14.3 Å². The molecule has 6 atom stereocenters. The highest BCUT2D eigenvalue weighted by molar-refractivity contribution is 7.13. The maximum atomic E-state index is 14.4. The first-order valence-corrected chi connectivity index (χ1v) is 30.3. The topological polar surface area (TPSA) is 245 Å². The molecule has 0 radical (unpaired) electrons. The number of pyridine rings is 1. The third-order valence-corrected chi connectivity index (χ3v) is 19.0. The Morgan fingerprint density at radius 1 is 0.817 bits per heavy atom. The molecule has 12 rings (SSSR count). The monoisotopic (exact) mass is 1140 g/mol. The van der Waals surface area contributed by atoms with Gasteiger partial charge in [0.1, 0.15) is 29.6 Å².